The molecule has 6 nitrogen and oxygen atoms in total. The molecule has 1 aromatic carbocycles. The van der Waals surface area contributed by atoms with Crippen LogP contribution in [-0.2, 0) is 4.79 Å². The van der Waals surface area contributed by atoms with Crippen LogP contribution in [-0.4, -0.2) is 40.0 Å². The number of para-hydroxylation sites is 1. The predicted molar refractivity (Wildman–Crippen MR) is 74.0 cm³/mol. The van der Waals surface area contributed by atoms with E-state index in [1.54, 1.807) is 23.1 Å². The van der Waals surface area contributed by atoms with Gasteiger partial charge < -0.3 is 10.0 Å². The Morgan fingerprint density at radius 1 is 1.45 bits per heavy atom. The van der Waals surface area contributed by atoms with Crippen LogP contribution in [0.1, 0.15) is 18.4 Å². The number of aliphatic hydroxyl groups is 1. The summed E-state index contributed by atoms with van der Waals surface area (Å²) in [7, 11) is 0. The van der Waals surface area contributed by atoms with Crippen molar-refractivity contribution in [3.05, 3.63) is 46.0 Å². The van der Waals surface area contributed by atoms with Crippen molar-refractivity contribution >= 4 is 17.7 Å². The van der Waals surface area contributed by atoms with Gasteiger partial charge in [-0.05, 0) is 25.0 Å². The lowest BCUT2D eigenvalue weighted by molar-refractivity contribution is -0.385. The van der Waals surface area contributed by atoms with E-state index in [2.05, 4.69) is 0 Å². The fourth-order valence-corrected chi connectivity index (χ4v) is 2.22. The van der Waals surface area contributed by atoms with Crippen LogP contribution < -0.4 is 0 Å². The Labute approximate surface area is 116 Å². The standard InChI is InChI=1S/C14H16N2O4/c17-12-5-3-9-15(10-12)14(18)8-7-11-4-1-2-6-13(11)16(19)20/h1-2,4,6-8,12,17H,3,5,9-10H2/b8-7+/t12-/m0/s1. The lowest BCUT2D eigenvalue weighted by atomic mass is 10.1. The van der Waals surface area contributed by atoms with Crippen molar-refractivity contribution < 1.29 is 14.8 Å². The third-order valence-corrected chi connectivity index (χ3v) is 3.25. The number of β-amino-alcohol motifs (C(OH)–C–C–N with tert-alkyl or cyclic N) is 1. The Hall–Kier alpha value is -2.21. The Balaban J connectivity index is 2.09. The van der Waals surface area contributed by atoms with E-state index in [0.29, 0.717) is 25.1 Å². The number of benzene rings is 1. The van der Waals surface area contributed by atoms with Crippen LogP contribution in [0.25, 0.3) is 6.08 Å². The molecular weight excluding hydrogens is 260 g/mol. The second-order valence-electron chi connectivity index (χ2n) is 4.73. The highest BCUT2D eigenvalue weighted by molar-refractivity contribution is 5.92. The van der Waals surface area contributed by atoms with Crippen molar-refractivity contribution in [2.45, 2.75) is 18.9 Å². The average molecular weight is 276 g/mol. The number of carbonyl (C=O) groups is 1. The van der Waals surface area contributed by atoms with Crippen LogP contribution in [0, 0.1) is 10.1 Å². The van der Waals surface area contributed by atoms with E-state index >= 15 is 0 Å². The molecule has 1 saturated heterocycles. The second kappa shape index (κ2) is 6.29. The molecule has 0 bridgehead atoms. The van der Waals surface area contributed by atoms with Crippen molar-refractivity contribution in [3.8, 4) is 0 Å². The zero-order valence-corrected chi connectivity index (χ0v) is 10.9. The fraction of sp³-hybridized carbons (Fsp3) is 0.357. The number of hydrogen-bond donors (Lipinski definition) is 1. The molecule has 1 N–H and O–H groups in total. The SMILES string of the molecule is O=C(/C=C/c1ccccc1[N+](=O)[O-])N1CCC[C@H](O)C1. The highest BCUT2D eigenvalue weighted by Gasteiger charge is 2.20. The third kappa shape index (κ3) is 3.42. The topological polar surface area (TPSA) is 83.7 Å². The number of nitro benzene ring substituents is 1. The third-order valence-electron chi connectivity index (χ3n) is 3.25. The summed E-state index contributed by atoms with van der Waals surface area (Å²) in [5, 5.41) is 20.4. The average Bonchev–Trinajstić information content (AvgIpc) is 2.45. The summed E-state index contributed by atoms with van der Waals surface area (Å²) in [4.78, 5) is 23.9. The van der Waals surface area contributed by atoms with Crippen molar-refractivity contribution in [2.24, 2.45) is 0 Å². The van der Waals surface area contributed by atoms with Gasteiger partial charge in [-0.1, -0.05) is 12.1 Å². The molecule has 2 rings (SSSR count). The number of amides is 1. The van der Waals surface area contributed by atoms with Crippen LogP contribution in [0.3, 0.4) is 0 Å². The highest BCUT2D eigenvalue weighted by atomic mass is 16.6. The molecule has 1 heterocycles. The van der Waals surface area contributed by atoms with Crippen LogP contribution in [0.4, 0.5) is 5.69 Å². The Bertz CT molecular complexity index is 542. The van der Waals surface area contributed by atoms with Crippen molar-refractivity contribution in [1.82, 2.24) is 4.90 Å². The van der Waals surface area contributed by atoms with Gasteiger partial charge in [-0.25, -0.2) is 0 Å². The molecule has 0 aromatic heterocycles. The van der Waals surface area contributed by atoms with Gasteiger partial charge in [0.1, 0.15) is 0 Å². The minimum absolute atomic E-state index is 0.0322. The molecule has 1 aliphatic heterocycles. The van der Waals surface area contributed by atoms with Crippen LogP contribution in [0.15, 0.2) is 30.3 Å². The maximum Gasteiger partial charge on any atom is 0.276 e. The first-order chi connectivity index (χ1) is 9.58. The number of rotatable bonds is 3. The lowest BCUT2D eigenvalue weighted by Crippen LogP contribution is -2.41. The number of hydrogen-bond acceptors (Lipinski definition) is 4. The summed E-state index contributed by atoms with van der Waals surface area (Å²) in [6, 6.07) is 6.25. The van der Waals surface area contributed by atoms with Crippen molar-refractivity contribution in [3.63, 3.8) is 0 Å². The first-order valence-electron chi connectivity index (χ1n) is 6.46. The second-order valence-corrected chi connectivity index (χ2v) is 4.73. The van der Waals surface area contributed by atoms with Gasteiger partial charge in [-0.15, -0.1) is 0 Å². The summed E-state index contributed by atoms with van der Waals surface area (Å²) < 4.78 is 0. The fourth-order valence-electron chi connectivity index (χ4n) is 2.22. The first-order valence-corrected chi connectivity index (χ1v) is 6.46. The van der Waals surface area contributed by atoms with E-state index in [9.17, 15) is 20.0 Å². The molecule has 0 aliphatic carbocycles. The van der Waals surface area contributed by atoms with Gasteiger partial charge in [0, 0.05) is 25.2 Å². The highest BCUT2D eigenvalue weighted by Crippen LogP contribution is 2.19. The zero-order chi connectivity index (χ0) is 14.5. The molecule has 20 heavy (non-hydrogen) atoms. The molecule has 1 aromatic rings. The van der Waals surface area contributed by atoms with Crippen molar-refractivity contribution in [2.75, 3.05) is 13.1 Å². The zero-order valence-electron chi connectivity index (χ0n) is 10.9. The van der Waals surface area contributed by atoms with E-state index in [1.165, 1.54) is 18.2 Å². The molecule has 0 unspecified atom stereocenters. The quantitative estimate of drug-likeness (QED) is 0.516. The van der Waals surface area contributed by atoms with Crippen LogP contribution >= 0.6 is 0 Å². The maximum atomic E-state index is 12.0. The van der Waals surface area contributed by atoms with Gasteiger partial charge in [0.15, 0.2) is 0 Å². The molecular formula is C14H16N2O4. The van der Waals surface area contributed by atoms with Gasteiger partial charge in [0.05, 0.1) is 16.6 Å². The smallest absolute Gasteiger partial charge is 0.276 e. The summed E-state index contributed by atoms with van der Waals surface area (Å²) in [5.41, 5.74) is 0.360. The summed E-state index contributed by atoms with van der Waals surface area (Å²) >= 11 is 0. The van der Waals surface area contributed by atoms with Crippen molar-refractivity contribution in [1.29, 1.82) is 0 Å². The Kier molecular flexibility index (Phi) is 4.47. The number of aliphatic hydroxyl groups excluding tert-OH is 1. The van der Waals surface area contributed by atoms with E-state index in [1.807, 2.05) is 0 Å². The number of nitro groups is 1. The molecule has 0 saturated carbocycles. The van der Waals surface area contributed by atoms with Gasteiger partial charge in [0.25, 0.3) is 5.69 Å². The molecule has 1 aliphatic rings. The maximum absolute atomic E-state index is 12.0. The minimum Gasteiger partial charge on any atom is -0.391 e. The molecule has 1 amide bonds. The number of piperidine rings is 1. The van der Waals surface area contributed by atoms with Crippen LogP contribution in [0.5, 0.6) is 0 Å². The van der Waals surface area contributed by atoms with Gasteiger partial charge in [0.2, 0.25) is 5.91 Å². The van der Waals surface area contributed by atoms with E-state index in [4.69, 9.17) is 0 Å². The normalized spacial score (nSPS) is 19.2. The lowest BCUT2D eigenvalue weighted by Gasteiger charge is -2.29. The van der Waals surface area contributed by atoms with E-state index in [-0.39, 0.29) is 11.6 Å². The Morgan fingerprint density at radius 3 is 2.90 bits per heavy atom. The molecule has 0 radical (unpaired) electrons. The minimum atomic E-state index is -0.479. The summed E-state index contributed by atoms with van der Waals surface area (Å²) in [6.07, 6.45) is 3.76. The summed E-state index contributed by atoms with van der Waals surface area (Å²) in [5.74, 6) is -0.234. The van der Waals surface area contributed by atoms with Crippen LogP contribution in [0.2, 0.25) is 0 Å². The molecule has 6 heteroatoms. The molecule has 1 fully saturated rings. The molecule has 106 valence electrons. The largest absolute Gasteiger partial charge is 0.391 e. The number of likely N-dealkylation sites (tertiary alicyclic amines) is 1. The molecule has 0 spiro atoms. The van der Waals surface area contributed by atoms with E-state index in [0.717, 1.165) is 6.42 Å². The van der Waals surface area contributed by atoms with Gasteiger partial charge in [-0.3, -0.25) is 14.9 Å². The van der Waals surface area contributed by atoms with Gasteiger partial charge >= 0.3 is 0 Å². The predicted octanol–water partition coefficient (Wildman–Crippen LogP) is 1.59. The molecule has 1 atom stereocenters. The Morgan fingerprint density at radius 2 is 2.20 bits per heavy atom. The number of nitrogens with zero attached hydrogens (tertiary/aromatic N) is 2. The van der Waals surface area contributed by atoms with E-state index < -0.39 is 11.0 Å². The monoisotopic (exact) mass is 276 g/mol. The number of carbonyl (C=O) groups excluding carboxylic acids is 1. The van der Waals surface area contributed by atoms with Gasteiger partial charge in [-0.2, -0.15) is 0 Å². The summed E-state index contributed by atoms with van der Waals surface area (Å²) in [6.45, 7) is 0.928. The first kappa shape index (κ1) is 14.2.